The minimum Gasteiger partial charge on any atom is -0.381 e. The third-order valence-electron chi connectivity index (χ3n) is 6.25. The Kier molecular flexibility index (Phi) is 5.87. The number of hydrogen-bond donors (Lipinski definition) is 0. The molecule has 1 amide bonds. The third kappa shape index (κ3) is 3.95. The topological polar surface area (TPSA) is 32.8 Å². The van der Waals surface area contributed by atoms with E-state index in [1.54, 1.807) is 0 Å². The number of benzene rings is 1. The number of hydrogen-bond acceptors (Lipinski definition) is 4. The van der Waals surface area contributed by atoms with Gasteiger partial charge >= 0.3 is 0 Å². The summed E-state index contributed by atoms with van der Waals surface area (Å²) >= 11 is 1.92. The van der Waals surface area contributed by atoms with Crippen LogP contribution in [-0.2, 0) is 9.53 Å². The first-order valence-electron chi connectivity index (χ1n) is 10.1. The van der Waals surface area contributed by atoms with E-state index in [0.29, 0.717) is 11.9 Å². The fourth-order valence-electron chi connectivity index (χ4n) is 4.78. The molecule has 4 rings (SSSR count). The fourth-order valence-corrected chi connectivity index (χ4v) is 5.72. The molecule has 3 fully saturated rings. The van der Waals surface area contributed by atoms with Crippen molar-refractivity contribution < 1.29 is 9.53 Å². The van der Waals surface area contributed by atoms with Crippen molar-refractivity contribution in [1.29, 1.82) is 0 Å². The van der Waals surface area contributed by atoms with Gasteiger partial charge in [-0.1, -0.05) is 18.2 Å². The van der Waals surface area contributed by atoms with Crippen LogP contribution in [0.5, 0.6) is 0 Å². The van der Waals surface area contributed by atoms with E-state index in [2.05, 4.69) is 40.1 Å². The van der Waals surface area contributed by atoms with E-state index in [-0.39, 0.29) is 5.41 Å². The highest BCUT2D eigenvalue weighted by atomic mass is 32.2. The SMILES string of the molecule is O=C1N(C2CCOCC2)CCC[C@@]12CCN(CCSc1ccccc1)C2. The summed E-state index contributed by atoms with van der Waals surface area (Å²) in [4.78, 5) is 19.4. The number of rotatable bonds is 5. The lowest BCUT2D eigenvalue weighted by molar-refractivity contribution is -0.150. The van der Waals surface area contributed by atoms with Crippen molar-refractivity contribution in [2.75, 3.05) is 45.1 Å². The lowest BCUT2D eigenvalue weighted by Crippen LogP contribution is -2.54. The minimum atomic E-state index is -0.103. The maximum absolute atomic E-state index is 13.3. The zero-order valence-electron chi connectivity index (χ0n) is 15.6. The predicted molar refractivity (Wildman–Crippen MR) is 105 cm³/mol. The van der Waals surface area contributed by atoms with Crippen molar-refractivity contribution in [3.05, 3.63) is 30.3 Å². The molecule has 3 aliphatic heterocycles. The minimum absolute atomic E-state index is 0.103. The highest BCUT2D eigenvalue weighted by Gasteiger charge is 2.49. The molecule has 1 spiro atoms. The highest BCUT2D eigenvalue weighted by Crippen LogP contribution is 2.41. The molecule has 3 heterocycles. The van der Waals surface area contributed by atoms with Crippen molar-refractivity contribution in [3.63, 3.8) is 0 Å². The Bertz CT molecular complexity index is 605. The van der Waals surface area contributed by atoms with Crippen molar-refractivity contribution in [2.24, 2.45) is 5.41 Å². The quantitative estimate of drug-likeness (QED) is 0.741. The van der Waals surface area contributed by atoms with Crippen LogP contribution >= 0.6 is 11.8 Å². The van der Waals surface area contributed by atoms with E-state index in [9.17, 15) is 4.79 Å². The van der Waals surface area contributed by atoms with E-state index in [1.807, 2.05) is 11.8 Å². The molecule has 0 aromatic heterocycles. The van der Waals surface area contributed by atoms with E-state index in [0.717, 1.165) is 77.2 Å². The van der Waals surface area contributed by atoms with E-state index >= 15 is 0 Å². The maximum atomic E-state index is 13.3. The second-order valence-electron chi connectivity index (χ2n) is 7.91. The van der Waals surface area contributed by atoms with Crippen LogP contribution in [0.1, 0.15) is 32.1 Å². The smallest absolute Gasteiger partial charge is 0.230 e. The summed E-state index contributed by atoms with van der Waals surface area (Å²) < 4.78 is 5.49. The molecule has 1 aromatic carbocycles. The Morgan fingerprint density at radius 2 is 1.92 bits per heavy atom. The van der Waals surface area contributed by atoms with Gasteiger partial charge in [0.2, 0.25) is 5.91 Å². The average Bonchev–Trinajstić information content (AvgIpc) is 3.10. The van der Waals surface area contributed by atoms with Crippen molar-refractivity contribution >= 4 is 17.7 Å². The number of likely N-dealkylation sites (tertiary alicyclic amines) is 2. The lowest BCUT2D eigenvalue weighted by Gasteiger charge is -2.44. The van der Waals surface area contributed by atoms with Gasteiger partial charge < -0.3 is 14.5 Å². The Balaban J connectivity index is 1.31. The summed E-state index contributed by atoms with van der Waals surface area (Å²) in [7, 11) is 0. The largest absolute Gasteiger partial charge is 0.381 e. The number of thioether (sulfide) groups is 1. The van der Waals surface area contributed by atoms with Gasteiger partial charge in [0, 0.05) is 49.5 Å². The van der Waals surface area contributed by atoms with Crippen LogP contribution in [0.4, 0.5) is 0 Å². The maximum Gasteiger partial charge on any atom is 0.230 e. The molecule has 1 aromatic rings. The van der Waals surface area contributed by atoms with Crippen LogP contribution in [0.3, 0.4) is 0 Å². The molecule has 5 heteroatoms. The van der Waals surface area contributed by atoms with Crippen LogP contribution in [0.15, 0.2) is 35.2 Å². The van der Waals surface area contributed by atoms with Gasteiger partial charge in [0.1, 0.15) is 0 Å². The van der Waals surface area contributed by atoms with Gasteiger partial charge in [-0.3, -0.25) is 4.79 Å². The molecule has 0 N–H and O–H groups in total. The van der Waals surface area contributed by atoms with Gasteiger partial charge in [-0.25, -0.2) is 0 Å². The second kappa shape index (κ2) is 8.32. The van der Waals surface area contributed by atoms with Crippen molar-refractivity contribution in [3.8, 4) is 0 Å². The summed E-state index contributed by atoms with van der Waals surface area (Å²) in [5.41, 5.74) is -0.103. The molecule has 0 aliphatic carbocycles. The normalized spacial score (nSPS) is 28.2. The lowest BCUT2D eigenvalue weighted by atomic mass is 9.77. The Hall–Kier alpha value is -1.04. The molecule has 0 bridgehead atoms. The van der Waals surface area contributed by atoms with Crippen LogP contribution < -0.4 is 0 Å². The van der Waals surface area contributed by atoms with E-state index < -0.39 is 0 Å². The molecule has 0 unspecified atom stereocenters. The summed E-state index contributed by atoms with van der Waals surface area (Å²) in [6, 6.07) is 11.0. The molecule has 3 aliphatic rings. The van der Waals surface area contributed by atoms with Crippen LogP contribution in [0, 0.1) is 5.41 Å². The number of piperidine rings is 1. The van der Waals surface area contributed by atoms with Gasteiger partial charge in [0.25, 0.3) is 0 Å². The number of nitrogens with zero attached hydrogens (tertiary/aromatic N) is 2. The third-order valence-corrected chi connectivity index (χ3v) is 7.24. The van der Waals surface area contributed by atoms with E-state index in [4.69, 9.17) is 4.74 Å². The monoisotopic (exact) mass is 374 g/mol. The van der Waals surface area contributed by atoms with Crippen LogP contribution in [0.25, 0.3) is 0 Å². The first-order chi connectivity index (χ1) is 12.8. The number of ether oxygens (including phenoxy) is 1. The first kappa shape index (κ1) is 18.3. The molecule has 0 radical (unpaired) electrons. The Morgan fingerprint density at radius 1 is 1.12 bits per heavy atom. The first-order valence-corrected chi connectivity index (χ1v) is 11.0. The highest BCUT2D eigenvalue weighted by molar-refractivity contribution is 7.99. The standard InChI is InChI=1S/C21H30N2O2S/c24-20-21(9-4-11-23(20)18-7-14-25-15-8-18)10-12-22(17-21)13-16-26-19-5-2-1-3-6-19/h1-3,5-6,18H,4,7-17H2/t21-/m0/s1. The average molecular weight is 375 g/mol. The molecule has 26 heavy (non-hydrogen) atoms. The van der Waals surface area contributed by atoms with Crippen molar-refractivity contribution in [1.82, 2.24) is 9.80 Å². The molecule has 3 saturated heterocycles. The number of carbonyl (C=O) groups is 1. The van der Waals surface area contributed by atoms with Crippen molar-refractivity contribution in [2.45, 2.75) is 43.0 Å². The van der Waals surface area contributed by atoms with Gasteiger partial charge in [0.15, 0.2) is 0 Å². The van der Waals surface area contributed by atoms with E-state index in [1.165, 1.54) is 4.90 Å². The van der Waals surface area contributed by atoms with Crippen LogP contribution in [-0.4, -0.2) is 66.9 Å². The molecule has 142 valence electrons. The zero-order valence-corrected chi connectivity index (χ0v) is 16.4. The molecular formula is C21H30N2O2S. The fraction of sp³-hybridized carbons (Fsp3) is 0.667. The second-order valence-corrected chi connectivity index (χ2v) is 9.08. The Labute approximate surface area is 161 Å². The van der Waals surface area contributed by atoms with Crippen LogP contribution in [0.2, 0.25) is 0 Å². The van der Waals surface area contributed by atoms with Gasteiger partial charge in [-0.15, -0.1) is 11.8 Å². The predicted octanol–water partition coefficient (Wildman–Crippen LogP) is 3.27. The summed E-state index contributed by atoms with van der Waals surface area (Å²) in [6.45, 7) is 5.68. The Morgan fingerprint density at radius 3 is 2.73 bits per heavy atom. The van der Waals surface area contributed by atoms with Gasteiger partial charge in [-0.2, -0.15) is 0 Å². The number of carbonyl (C=O) groups excluding carboxylic acids is 1. The summed E-state index contributed by atoms with van der Waals surface area (Å²) in [6.07, 6.45) is 5.31. The zero-order chi connectivity index (χ0) is 17.8. The molecule has 0 saturated carbocycles. The number of amides is 1. The molecule has 4 nitrogen and oxygen atoms in total. The molecule has 1 atom stereocenters. The van der Waals surface area contributed by atoms with Gasteiger partial charge in [-0.05, 0) is 50.8 Å². The van der Waals surface area contributed by atoms with Gasteiger partial charge in [0.05, 0.1) is 5.41 Å². The summed E-state index contributed by atoms with van der Waals surface area (Å²) in [5, 5.41) is 0. The molecular weight excluding hydrogens is 344 g/mol. The summed E-state index contributed by atoms with van der Waals surface area (Å²) in [5.74, 6) is 1.53.